The lowest BCUT2D eigenvalue weighted by Crippen LogP contribution is -2.47. The number of aromatic nitrogens is 2. The number of hydrogen-bond donors (Lipinski definition) is 1. The first-order chi connectivity index (χ1) is 13.8. The summed E-state index contributed by atoms with van der Waals surface area (Å²) in [5.41, 5.74) is 5.20. The van der Waals surface area contributed by atoms with Gasteiger partial charge in [-0.05, 0) is 43.7 Å². The number of rotatable bonds is 2. The van der Waals surface area contributed by atoms with Crippen LogP contribution >= 0.6 is 11.8 Å². The Labute approximate surface area is 176 Å². The standard InChI is InChI=1S/C22H28N4O2S/c1-13-5-6-19(16(4)8-13)26-20(17-11-29-12-18(17)24-26)23-21(27)22(28)25-9-14(2)7-15(3)10-25/h5-6,8,14-15H,7,9-12H2,1-4H3,(H,23,27)/t14-,15-/m0/s1. The van der Waals surface area contributed by atoms with Crippen LogP contribution in [0.15, 0.2) is 18.2 Å². The molecule has 2 aromatic rings. The second-order valence-corrected chi connectivity index (χ2v) is 9.56. The molecular formula is C22H28N4O2S. The van der Waals surface area contributed by atoms with Crippen LogP contribution in [0.2, 0.25) is 0 Å². The summed E-state index contributed by atoms with van der Waals surface area (Å²) < 4.78 is 1.80. The fourth-order valence-corrected chi connectivity index (χ4v) is 5.53. The largest absolute Gasteiger partial charge is 0.334 e. The summed E-state index contributed by atoms with van der Waals surface area (Å²) >= 11 is 1.78. The maximum atomic E-state index is 12.9. The van der Waals surface area contributed by atoms with Crippen LogP contribution < -0.4 is 5.32 Å². The number of fused-ring (bicyclic) bond motifs is 1. The Kier molecular flexibility index (Phi) is 5.42. The average Bonchev–Trinajstić information content (AvgIpc) is 3.23. The zero-order chi connectivity index (χ0) is 20.7. The third-order valence-electron chi connectivity index (χ3n) is 5.71. The van der Waals surface area contributed by atoms with Gasteiger partial charge in [-0.15, -0.1) is 0 Å². The monoisotopic (exact) mass is 412 g/mol. The summed E-state index contributed by atoms with van der Waals surface area (Å²) in [6, 6.07) is 6.16. The van der Waals surface area contributed by atoms with E-state index < -0.39 is 11.8 Å². The lowest BCUT2D eigenvalue weighted by atomic mass is 9.92. The highest BCUT2D eigenvalue weighted by Crippen LogP contribution is 2.36. The van der Waals surface area contributed by atoms with Gasteiger partial charge >= 0.3 is 11.8 Å². The van der Waals surface area contributed by atoms with Crippen molar-refractivity contribution < 1.29 is 9.59 Å². The van der Waals surface area contributed by atoms with Gasteiger partial charge in [-0.3, -0.25) is 9.59 Å². The number of thioether (sulfide) groups is 1. The predicted molar refractivity (Wildman–Crippen MR) is 116 cm³/mol. The van der Waals surface area contributed by atoms with Crippen molar-refractivity contribution in [2.24, 2.45) is 11.8 Å². The molecule has 2 aliphatic rings. The minimum Gasteiger partial charge on any atom is -0.334 e. The molecule has 0 unspecified atom stereocenters. The highest BCUT2D eigenvalue weighted by Gasteiger charge is 2.32. The zero-order valence-corrected chi connectivity index (χ0v) is 18.3. The minimum absolute atomic E-state index is 0.414. The number of nitrogens with one attached hydrogen (secondary N) is 1. The fraction of sp³-hybridized carbons (Fsp3) is 0.500. The summed E-state index contributed by atoms with van der Waals surface area (Å²) in [5, 5.41) is 7.67. The van der Waals surface area contributed by atoms with Gasteiger partial charge in [-0.25, -0.2) is 4.68 Å². The molecule has 6 nitrogen and oxygen atoms in total. The number of carbonyl (C=O) groups is 2. The molecule has 2 amide bonds. The molecule has 0 spiro atoms. The van der Waals surface area contributed by atoms with E-state index >= 15 is 0 Å². The molecule has 2 atom stereocenters. The molecule has 0 aliphatic carbocycles. The summed E-state index contributed by atoms with van der Waals surface area (Å²) in [7, 11) is 0. The molecule has 29 heavy (non-hydrogen) atoms. The fourth-order valence-electron chi connectivity index (χ4n) is 4.49. The lowest BCUT2D eigenvalue weighted by molar-refractivity contribution is -0.145. The average molecular weight is 413 g/mol. The van der Waals surface area contributed by atoms with Gasteiger partial charge in [0.1, 0.15) is 5.82 Å². The molecule has 4 rings (SSSR count). The van der Waals surface area contributed by atoms with Crippen molar-refractivity contribution in [3.63, 3.8) is 0 Å². The molecule has 1 saturated heterocycles. The van der Waals surface area contributed by atoms with E-state index in [1.807, 2.05) is 19.1 Å². The smallest absolute Gasteiger partial charge is 0.315 e. The van der Waals surface area contributed by atoms with Gasteiger partial charge in [0, 0.05) is 30.2 Å². The number of benzene rings is 1. The van der Waals surface area contributed by atoms with Crippen molar-refractivity contribution >= 4 is 29.4 Å². The second kappa shape index (κ2) is 7.86. The summed E-state index contributed by atoms with van der Waals surface area (Å²) in [6.45, 7) is 9.64. The van der Waals surface area contributed by atoms with E-state index in [1.165, 1.54) is 5.56 Å². The summed E-state index contributed by atoms with van der Waals surface area (Å²) in [5.74, 6) is 2.06. The van der Waals surface area contributed by atoms with Crippen LogP contribution in [0.1, 0.15) is 42.7 Å². The van der Waals surface area contributed by atoms with Crippen LogP contribution in [0.4, 0.5) is 5.82 Å². The van der Waals surface area contributed by atoms with Crippen molar-refractivity contribution in [3.8, 4) is 5.69 Å². The molecule has 1 aromatic heterocycles. The molecule has 3 heterocycles. The molecular weight excluding hydrogens is 384 g/mol. The summed E-state index contributed by atoms with van der Waals surface area (Å²) in [4.78, 5) is 27.4. The molecule has 0 radical (unpaired) electrons. The van der Waals surface area contributed by atoms with Gasteiger partial charge in [0.25, 0.3) is 0 Å². The van der Waals surface area contributed by atoms with E-state index in [4.69, 9.17) is 5.10 Å². The Morgan fingerprint density at radius 1 is 1.14 bits per heavy atom. The number of nitrogens with zero attached hydrogens (tertiary/aromatic N) is 3. The van der Waals surface area contributed by atoms with Crippen LogP contribution in [-0.2, 0) is 21.1 Å². The number of hydrogen-bond acceptors (Lipinski definition) is 4. The quantitative estimate of drug-likeness (QED) is 0.764. The van der Waals surface area contributed by atoms with E-state index in [0.29, 0.717) is 30.7 Å². The Hall–Kier alpha value is -2.28. The first-order valence-corrected chi connectivity index (χ1v) is 11.4. The molecule has 7 heteroatoms. The van der Waals surface area contributed by atoms with Gasteiger partial charge < -0.3 is 10.2 Å². The molecule has 2 aliphatic heterocycles. The van der Waals surface area contributed by atoms with Crippen LogP contribution in [0.3, 0.4) is 0 Å². The molecule has 1 fully saturated rings. The van der Waals surface area contributed by atoms with Gasteiger partial charge in [0.2, 0.25) is 0 Å². The first-order valence-electron chi connectivity index (χ1n) is 10.2. The zero-order valence-electron chi connectivity index (χ0n) is 17.5. The molecule has 1 N–H and O–H groups in total. The second-order valence-electron chi connectivity index (χ2n) is 8.58. The molecule has 0 bridgehead atoms. The summed E-state index contributed by atoms with van der Waals surface area (Å²) in [6.07, 6.45) is 1.09. The Bertz CT molecular complexity index is 958. The lowest BCUT2D eigenvalue weighted by Gasteiger charge is -2.34. The number of amides is 2. The topological polar surface area (TPSA) is 67.2 Å². The predicted octanol–water partition coefficient (Wildman–Crippen LogP) is 3.68. The Morgan fingerprint density at radius 3 is 2.55 bits per heavy atom. The Morgan fingerprint density at radius 2 is 1.86 bits per heavy atom. The van der Waals surface area contributed by atoms with Crippen LogP contribution in [0, 0.1) is 25.7 Å². The third kappa shape index (κ3) is 3.92. The first kappa shape index (κ1) is 20.0. The van der Waals surface area contributed by atoms with Gasteiger partial charge in [-0.1, -0.05) is 31.5 Å². The van der Waals surface area contributed by atoms with Gasteiger partial charge in [0.05, 0.1) is 11.4 Å². The number of piperidine rings is 1. The van der Waals surface area contributed by atoms with E-state index in [9.17, 15) is 9.59 Å². The van der Waals surface area contributed by atoms with E-state index in [0.717, 1.165) is 40.4 Å². The van der Waals surface area contributed by atoms with Crippen LogP contribution in [0.25, 0.3) is 5.69 Å². The third-order valence-corrected chi connectivity index (χ3v) is 6.68. The molecule has 154 valence electrons. The number of carbonyl (C=O) groups excluding carboxylic acids is 2. The van der Waals surface area contributed by atoms with Gasteiger partial charge in [0.15, 0.2) is 0 Å². The Balaban J connectivity index is 1.63. The highest BCUT2D eigenvalue weighted by atomic mass is 32.2. The highest BCUT2D eigenvalue weighted by molar-refractivity contribution is 7.98. The van der Waals surface area contributed by atoms with Crippen LogP contribution in [0.5, 0.6) is 0 Å². The van der Waals surface area contributed by atoms with Gasteiger partial charge in [-0.2, -0.15) is 16.9 Å². The minimum atomic E-state index is -0.572. The van der Waals surface area contributed by atoms with E-state index in [1.54, 1.807) is 21.3 Å². The van der Waals surface area contributed by atoms with E-state index in [-0.39, 0.29) is 0 Å². The maximum Gasteiger partial charge on any atom is 0.315 e. The van der Waals surface area contributed by atoms with E-state index in [2.05, 4.69) is 32.2 Å². The maximum absolute atomic E-state index is 12.9. The van der Waals surface area contributed by atoms with Crippen molar-refractivity contribution in [1.82, 2.24) is 14.7 Å². The van der Waals surface area contributed by atoms with Crippen molar-refractivity contribution in [2.75, 3.05) is 18.4 Å². The number of aryl methyl sites for hydroxylation is 2. The van der Waals surface area contributed by atoms with Crippen molar-refractivity contribution in [3.05, 3.63) is 40.6 Å². The van der Waals surface area contributed by atoms with Crippen molar-refractivity contribution in [2.45, 2.75) is 45.6 Å². The normalized spacial score (nSPS) is 21.2. The van der Waals surface area contributed by atoms with Crippen LogP contribution in [-0.4, -0.2) is 39.6 Å². The number of anilines is 1. The molecule has 1 aromatic carbocycles. The van der Waals surface area contributed by atoms with Crippen molar-refractivity contribution in [1.29, 1.82) is 0 Å². The molecule has 0 saturated carbocycles. The number of likely N-dealkylation sites (tertiary alicyclic amines) is 1. The SMILES string of the molecule is Cc1ccc(-n2nc3c(c2NC(=O)C(=O)N2C[C@@H](C)C[C@H](C)C2)CSC3)c(C)c1.